The summed E-state index contributed by atoms with van der Waals surface area (Å²) in [6, 6.07) is 0. The summed E-state index contributed by atoms with van der Waals surface area (Å²) in [4.78, 5) is 26.0. The Kier molecular flexibility index (Phi) is 5.85. The monoisotopic (exact) mass is 282 g/mol. The summed E-state index contributed by atoms with van der Waals surface area (Å²) < 4.78 is 1.42. The van der Waals surface area contributed by atoms with Gasteiger partial charge in [0, 0.05) is 13.1 Å². The maximum absolute atomic E-state index is 11.9. The van der Waals surface area contributed by atoms with Gasteiger partial charge in [-0.1, -0.05) is 40.5 Å². The van der Waals surface area contributed by atoms with E-state index in [4.69, 9.17) is 5.73 Å². The molecule has 0 aliphatic heterocycles. The zero-order chi connectivity index (χ0) is 15.3. The molecule has 0 bridgehead atoms. The molecule has 1 aromatic rings. The smallest absolute Gasteiger partial charge is 0.330 e. The zero-order valence-corrected chi connectivity index (χ0v) is 12.8. The summed E-state index contributed by atoms with van der Waals surface area (Å²) in [6.07, 6.45) is 2.07. The van der Waals surface area contributed by atoms with Crippen LogP contribution in [0.3, 0.4) is 0 Å². The van der Waals surface area contributed by atoms with Crippen molar-refractivity contribution >= 4 is 11.5 Å². The highest BCUT2D eigenvalue weighted by Gasteiger charge is 2.14. The maximum atomic E-state index is 11.9. The van der Waals surface area contributed by atoms with Crippen molar-refractivity contribution < 1.29 is 0 Å². The van der Waals surface area contributed by atoms with Crippen molar-refractivity contribution in [3.8, 4) is 0 Å². The van der Waals surface area contributed by atoms with E-state index in [1.165, 1.54) is 4.57 Å². The molecular weight excluding hydrogens is 256 g/mol. The predicted octanol–water partition coefficient (Wildman–Crippen LogP) is 1.62. The number of H-pyrrole nitrogens is 1. The molecule has 1 heterocycles. The van der Waals surface area contributed by atoms with E-state index in [1.54, 1.807) is 0 Å². The first-order valence-electron chi connectivity index (χ1n) is 7.27. The first kappa shape index (κ1) is 16.3. The average Bonchev–Trinajstić information content (AvgIpc) is 2.38. The van der Waals surface area contributed by atoms with Crippen LogP contribution < -0.4 is 22.3 Å². The number of aromatic amines is 1. The second-order valence-electron chi connectivity index (χ2n) is 5.59. The van der Waals surface area contributed by atoms with Gasteiger partial charge in [-0.25, -0.2) is 4.79 Å². The van der Waals surface area contributed by atoms with Gasteiger partial charge in [-0.05, 0) is 11.8 Å². The van der Waals surface area contributed by atoms with Gasteiger partial charge < -0.3 is 11.1 Å². The summed E-state index contributed by atoms with van der Waals surface area (Å²) in [5.74, 6) is 0.977. The number of nitrogens with two attached hydrogens (primary N) is 1. The molecule has 1 rings (SSSR count). The zero-order valence-electron chi connectivity index (χ0n) is 12.8. The molecule has 0 radical (unpaired) electrons. The molecule has 0 aliphatic rings. The molecule has 4 N–H and O–H groups in total. The van der Waals surface area contributed by atoms with Crippen molar-refractivity contribution in [1.82, 2.24) is 9.55 Å². The lowest BCUT2D eigenvalue weighted by Gasteiger charge is -2.18. The Hall–Kier alpha value is -1.72. The number of hydrogen-bond acceptors (Lipinski definition) is 4. The van der Waals surface area contributed by atoms with Crippen molar-refractivity contribution in [3.63, 3.8) is 0 Å². The molecule has 0 unspecified atom stereocenters. The number of nitrogen functional groups attached to an aromatic ring is 1. The van der Waals surface area contributed by atoms with Crippen LogP contribution in [0.15, 0.2) is 9.59 Å². The van der Waals surface area contributed by atoms with Gasteiger partial charge in [0.05, 0.1) is 0 Å². The number of nitrogens with zero attached hydrogens (tertiary/aromatic N) is 1. The lowest BCUT2D eigenvalue weighted by atomic mass is 10.0. The fourth-order valence-electron chi connectivity index (χ4n) is 2.13. The highest BCUT2D eigenvalue weighted by atomic mass is 16.2. The summed E-state index contributed by atoms with van der Waals surface area (Å²) in [5.41, 5.74) is 5.39. The Morgan fingerprint density at radius 3 is 2.35 bits per heavy atom. The first-order chi connectivity index (χ1) is 9.40. The lowest BCUT2D eigenvalue weighted by Crippen LogP contribution is -2.35. The van der Waals surface area contributed by atoms with Crippen molar-refractivity contribution in [1.29, 1.82) is 0 Å². The van der Waals surface area contributed by atoms with Crippen molar-refractivity contribution in [2.75, 3.05) is 17.6 Å². The number of anilines is 2. The number of nitrogens with one attached hydrogen (secondary N) is 2. The fourth-order valence-corrected chi connectivity index (χ4v) is 2.13. The standard InChI is InChI=1S/C14H26N4O2/c1-5-10(6-2)7-16-11-12(15)18(8-9(3)4)14(20)17-13(11)19/h9-10,16H,5-8,15H2,1-4H3,(H,17,19,20). The van der Waals surface area contributed by atoms with Crippen LogP contribution >= 0.6 is 0 Å². The Morgan fingerprint density at radius 2 is 1.85 bits per heavy atom. The second-order valence-corrected chi connectivity index (χ2v) is 5.59. The van der Waals surface area contributed by atoms with Crippen molar-refractivity contribution in [2.24, 2.45) is 11.8 Å². The lowest BCUT2D eigenvalue weighted by molar-refractivity contribution is 0.505. The average molecular weight is 282 g/mol. The van der Waals surface area contributed by atoms with Gasteiger partial charge >= 0.3 is 5.69 Å². The van der Waals surface area contributed by atoms with E-state index in [0.29, 0.717) is 24.7 Å². The van der Waals surface area contributed by atoms with Gasteiger partial charge in [-0.2, -0.15) is 0 Å². The highest BCUT2D eigenvalue weighted by Crippen LogP contribution is 2.14. The molecule has 0 saturated heterocycles. The molecule has 0 atom stereocenters. The third-order valence-electron chi connectivity index (χ3n) is 3.51. The molecule has 20 heavy (non-hydrogen) atoms. The third-order valence-corrected chi connectivity index (χ3v) is 3.51. The minimum Gasteiger partial charge on any atom is -0.383 e. The minimum atomic E-state index is -0.450. The Balaban J connectivity index is 3.07. The summed E-state index contributed by atoms with van der Waals surface area (Å²) in [5, 5.41) is 3.10. The Morgan fingerprint density at radius 1 is 1.25 bits per heavy atom. The maximum Gasteiger partial charge on any atom is 0.330 e. The molecule has 0 aliphatic carbocycles. The molecule has 1 aromatic heterocycles. The van der Waals surface area contributed by atoms with E-state index in [-0.39, 0.29) is 11.7 Å². The normalized spacial score (nSPS) is 11.3. The van der Waals surface area contributed by atoms with Crippen LogP contribution in [0.25, 0.3) is 0 Å². The minimum absolute atomic E-state index is 0.221. The van der Waals surface area contributed by atoms with Crippen LogP contribution in [0.1, 0.15) is 40.5 Å². The number of aromatic nitrogens is 2. The van der Waals surface area contributed by atoms with Crippen LogP contribution in [0.2, 0.25) is 0 Å². The fraction of sp³-hybridized carbons (Fsp3) is 0.714. The van der Waals surface area contributed by atoms with Crippen LogP contribution in [-0.4, -0.2) is 16.1 Å². The topological polar surface area (TPSA) is 92.9 Å². The van der Waals surface area contributed by atoms with E-state index in [1.807, 2.05) is 13.8 Å². The largest absolute Gasteiger partial charge is 0.383 e. The van der Waals surface area contributed by atoms with Crippen LogP contribution in [0.4, 0.5) is 11.5 Å². The molecule has 6 nitrogen and oxygen atoms in total. The summed E-state index contributed by atoms with van der Waals surface area (Å²) >= 11 is 0. The predicted molar refractivity (Wildman–Crippen MR) is 83.1 cm³/mol. The molecular formula is C14H26N4O2. The van der Waals surface area contributed by atoms with Crippen LogP contribution in [0.5, 0.6) is 0 Å². The number of rotatable bonds is 7. The van der Waals surface area contributed by atoms with E-state index in [0.717, 1.165) is 12.8 Å². The van der Waals surface area contributed by atoms with Gasteiger partial charge in [0.2, 0.25) is 0 Å². The van der Waals surface area contributed by atoms with Gasteiger partial charge in [0.25, 0.3) is 5.56 Å². The number of hydrogen-bond donors (Lipinski definition) is 3. The SMILES string of the molecule is CCC(CC)CNc1c(N)n(CC(C)C)c(=O)[nH]c1=O. The first-order valence-corrected chi connectivity index (χ1v) is 7.27. The van der Waals surface area contributed by atoms with Gasteiger partial charge in [-0.3, -0.25) is 14.3 Å². The molecule has 6 heteroatoms. The quantitative estimate of drug-likeness (QED) is 0.708. The van der Waals surface area contributed by atoms with E-state index < -0.39 is 11.2 Å². The van der Waals surface area contributed by atoms with Gasteiger partial charge in [0.15, 0.2) is 0 Å². The third kappa shape index (κ3) is 3.88. The molecule has 0 saturated carbocycles. The summed E-state index contributed by atoms with van der Waals surface area (Å²) in [6.45, 7) is 9.39. The molecule has 0 amide bonds. The van der Waals surface area contributed by atoms with E-state index >= 15 is 0 Å². The van der Waals surface area contributed by atoms with E-state index in [9.17, 15) is 9.59 Å². The van der Waals surface area contributed by atoms with Gasteiger partial charge in [0.1, 0.15) is 11.5 Å². The van der Waals surface area contributed by atoms with Gasteiger partial charge in [-0.15, -0.1) is 0 Å². The molecule has 0 aromatic carbocycles. The van der Waals surface area contributed by atoms with Crippen molar-refractivity contribution in [2.45, 2.75) is 47.1 Å². The molecule has 0 fully saturated rings. The molecule has 0 spiro atoms. The van der Waals surface area contributed by atoms with Crippen molar-refractivity contribution in [3.05, 3.63) is 20.8 Å². The second kappa shape index (κ2) is 7.17. The Bertz CT molecular complexity index is 541. The molecule has 114 valence electrons. The highest BCUT2D eigenvalue weighted by molar-refractivity contribution is 5.60. The van der Waals surface area contributed by atoms with Crippen LogP contribution in [-0.2, 0) is 6.54 Å². The Labute approximate surface area is 119 Å². The van der Waals surface area contributed by atoms with Crippen LogP contribution in [0, 0.1) is 11.8 Å². The summed E-state index contributed by atoms with van der Waals surface area (Å²) in [7, 11) is 0. The van der Waals surface area contributed by atoms with E-state index in [2.05, 4.69) is 24.1 Å².